The van der Waals surface area contributed by atoms with Gasteiger partial charge in [0.15, 0.2) is 0 Å². The number of hydrogen-bond acceptors (Lipinski definition) is 2. The van der Waals surface area contributed by atoms with Crippen LogP contribution in [0.15, 0.2) is 53.0 Å². The van der Waals surface area contributed by atoms with E-state index in [-0.39, 0.29) is 23.8 Å². The van der Waals surface area contributed by atoms with Crippen molar-refractivity contribution >= 4 is 21.8 Å². The first kappa shape index (κ1) is 14.2. The molecule has 2 aromatic carbocycles. The Morgan fingerprint density at radius 2 is 1.95 bits per heavy atom. The lowest BCUT2D eigenvalue weighted by molar-refractivity contribution is 0.0956. The molecular weight excluding hydrogens is 318 g/mol. The van der Waals surface area contributed by atoms with Crippen molar-refractivity contribution in [1.82, 2.24) is 5.32 Å². The van der Waals surface area contributed by atoms with Gasteiger partial charge in [-0.25, -0.2) is 0 Å². The number of aromatic hydroxyl groups is 1. The Labute approximate surface area is 125 Å². The molecule has 0 saturated heterocycles. The summed E-state index contributed by atoms with van der Waals surface area (Å²) in [7, 11) is 0. The Bertz CT molecular complexity index is 672. The average Bonchev–Trinajstić information content (AvgIpc) is 2.47. The molecule has 0 fully saturated rings. The van der Waals surface area contributed by atoms with E-state index in [2.05, 4.69) is 33.1 Å². The largest absolute Gasteiger partial charge is 0.507 e. The number of phenols is 1. The van der Waals surface area contributed by atoms with Crippen LogP contribution >= 0.6 is 15.9 Å². The molecule has 0 aromatic heterocycles. The van der Waals surface area contributed by atoms with Gasteiger partial charge in [-0.1, -0.05) is 46.0 Å². The summed E-state index contributed by atoms with van der Waals surface area (Å²) in [6.45, 7) is 0.222. The molecule has 0 heterocycles. The minimum atomic E-state index is -0.355. The number of benzene rings is 2. The van der Waals surface area contributed by atoms with E-state index in [0.29, 0.717) is 0 Å². The first-order valence-electron chi connectivity index (χ1n) is 5.97. The molecule has 4 heteroatoms. The number of nitrogens with one attached hydrogen (secondary N) is 1. The summed E-state index contributed by atoms with van der Waals surface area (Å²) in [5.74, 6) is 5.39. The van der Waals surface area contributed by atoms with E-state index in [1.165, 1.54) is 6.07 Å². The molecule has 0 saturated carbocycles. The Kier molecular flexibility index (Phi) is 4.80. The molecule has 0 radical (unpaired) electrons. The first-order chi connectivity index (χ1) is 9.66. The predicted octanol–water partition coefficient (Wildman–Crippen LogP) is 2.94. The molecule has 0 aliphatic rings. The fourth-order valence-electron chi connectivity index (χ4n) is 1.58. The van der Waals surface area contributed by atoms with E-state index >= 15 is 0 Å². The van der Waals surface area contributed by atoms with Crippen molar-refractivity contribution in [2.24, 2.45) is 0 Å². The summed E-state index contributed by atoms with van der Waals surface area (Å²) in [5, 5.41) is 12.3. The van der Waals surface area contributed by atoms with Gasteiger partial charge in [-0.2, -0.15) is 0 Å². The van der Waals surface area contributed by atoms with Gasteiger partial charge < -0.3 is 10.4 Å². The number of rotatable bonds is 2. The second kappa shape index (κ2) is 6.78. The molecule has 2 rings (SSSR count). The molecule has 0 aliphatic heterocycles. The van der Waals surface area contributed by atoms with E-state index in [1.807, 2.05) is 30.3 Å². The van der Waals surface area contributed by atoms with Gasteiger partial charge in [-0.05, 0) is 30.3 Å². The van der Waals surface area contributed by atoms with E-state index < -0.39 is 0 Å². The number of amides is 1. The quantitative estimate of drug-likeness (QED) is 0.832. The zero-order valence-electron chi connectivity index (χ0n) is 10.6. The molecule has 2 aromatic rings. The van der Waals surface area contributed by atoms with Gasteiger partial charge in [0.1, 0.15) is 5.75 Å². The van der Waals surface area contributed by atoms with Crippen LogP contribution < -0.4 is 5.32 Å². The standard InChI is InChI=1S/C16H12BrNO2/c17-13-8-9-15(19)14(11-13)16(20)18-10-4-7-12-5-2-1-3-6-12/h1-3,5-6,8-9,11,19H,10H2,(H,18,20). The van der Waals surface area contributed by atoms with Crippen molar-refractivity contribution in [1.29, 1.82) is 0 Å². The molecule has 0 atom stereocenters. The normalized spacial score (nSPS) is 9.45. The van der Waals surface area contributed by atoms with Crippen LogP contribution in [0, 0.1) is 11.8 Å². The average molecular weight is 330 g/mol. The first-order valence-corrected chi connectivity index (χ1v) is 6.77. The lowest BCUT2D eigenvalue weighted by Crippen LogP contribution is -2.23. The smallest absolute Gasteiger partial charge is 0.255 e. The highest BCUT2D eigenvalue weighted by Gasteiger charge is 2.10. The number of carbonyl (C=O) groups excluding carboxylic acids is 1. The van der Waals surface area contributed by atoms with Crippen molar-refractivity contribution < 1.29 is 9.90 Å². The fourth-order valence-corrected chi connectivity index (χ4v) is 1.94. The summed E-state index contributed by atoms with van der Waals surface area (Å²) >= 11 is 3.26. The van der Waals surface area contributed by atoms with Gasteiger partial charge in [0.25, 0.3) is 5.91 Å². The maximum Gasteiger partial charge on any atom is 0.255 e. The van der Waals surface area contributed by atoms with Gasteiger partial charge in [-0.15, -0.1) is 0 Å². The lowest BCUT2D eigenvalue weighted by Gasteiger charge is -2.04. The Balaban J connectivity index is 1.96. The fraction of sp³-hybridized carbons (Fsp3) is 0.0625. The maximum absolute atomic E-state index is 11.9. The molecule has 1 amide bonds. The van der Waals surface area contributed by atoms with Crippen LogP contribution in [0.4, 0.5) is 0 Å². The highest BCUT2D eigenvalue weighted by Crippen LogP contribution is 2.21. The molecule has 0 bridgehead atoms. The summed E-state index contributed by atoms with van der Waals surface area (Å²) in [6, 6.07) is 14.2. The number of hydrogen-bond donors (Lipinski definition) is 2. The van der Waals surface area contributed by atoms with Gasteiger partial charge in [0.2, 0.25) is 0 Å². The summed E-state index contributed by atoms with van der Waals surface area (Å²) in [4.78, 5) is 11.9. The Hall–Kier alpha value is -2.25. The van der Waals surface area contributed by atoms with Crippen molar-refractivity contribution in [3.8, 4) is 17.6 Å². The van der Waals surface area contributed by atoms with E-state index in [4.69, 9.17) is 0 Å². The second-order valence-electron chi connectivity index (χ2n) is 4.01. The Morgan fingerprint density at radius 1 is 1.20 bits per heavy atom. The van der Waals surface area contributed by atoms with Crippen molar-refractivity contribution in [3.05, 3.63) is 64.1 Å². The van der Waals surface area contributed by atoms with Gasteiger partial charge >= 0.3 is 0 Å². The third kappa shape index (κ3) is 3.87. The summed E-state index contributed by atoms with van der Waals surface area (Å²) in [5.41, 5.74) is 1.12. The number of carbonyl (C=O) groups is 1. The van der Waals surface area contributed by atoms with Crippen LogP contribution in [0.2, 0.25) is 0 Å². The van der Waals surface area contributed by atoms with Crippen molar-refractivity contribution in [3.63, 3.8) is 0 Å². The van der Waals surface area contributed by atoms with E-state index in [0.717, 1.165) is 10.0 Å². The maximum atomic E-state index is 11.9. The van der Waals surface area contributed by atoms with Gasteiger partial charge in [0.05, 0.1) is 12.1 Å². The molecule has 20 heavy (non-hydrogen) atoms. The molecule has 100 valence electrons. The molecule has 2 N–H and O–H groups in total. The van der Waals surface area contributed by atoms with E-state index in [9.17, 15) is 9.90 Å². The third-order valence-corrected chi connectivity index (χ3v) is 3.04. The Morgan fingerprint density at radius 3 is 2.70 bits per heavy atom. The predicted molar refractivity (Wildman–Crippen MR) is 81.5 cm³/mol. The SMILES string of the molecule is O=C(NCC#Cc1ccccc1)c1cc(Br)ccc1O. The van der Waals surface area contributed by atoms with Gasteiger partial charge in [-0.3, -0.25) is 4.79 Å². The van der Waals surface area contributed by atoms with Crippen LogP contribution in [-0.4, -0.2) is 17.6 Å². The second-order valence-corrected chi connectivity index (χ2v) is 4.93. The molecule has 0 spiro atoms. The van der Waals surface area contributed by atoms with E-state index in [1.54, 1.807) is 12.1 Å². The minimum Gasteiger partial charge on any atom is -0.507 e. The lowest BCUT2D eigenvalue weighted by atomic mass is 10.2. The zero-order valence-corrected chi connectivity index (χ0v) is 12.1. The highest BCUT2D eigenvalue weighted by molar-refractivity contribution is 9.10. The minimum absolute atomic E-state index is 0.0540. The molecule has 3 nitrogen and oxygen atoms in total. The molecule has 0 unspecified atom stereocenters. The van der Waals surface area contributed by atoms with Crippen LogP contribution in [0.5, 0.6) is 5.75 Å². The van der Waals surface area contributed by atoms with Crippen LogP contribution in [0.25, 0.3) is 0 Å². The zero-order chi connectivity index (χ0) is 14.4. The molecular formula is C16H12BrNO2. The third-order valence-electron chi connectivity index (χ3n) is 2.55. The summed E-state index contributed by atoms with van der Waals surface area (Å²) in [6.07, 6.45) is 0. The van der Waals surface area contributed by atoms with Crippen molar-refractivity contribution in [2.75, 3.05) is 6.54 Å². The highest BCUT2D eigenvalue weighted by atomic mass is 79.9. The number of phenolic OH excluding ortho intramolecular Hbond substituents is 1. The summed E-state index contributed by atoms with van der Waals surface area (Å²) < 4.78 is 0.732. The van der Waals surface area contributed by atoms with Crippen LogP contribution in [0.1, 0.15) is 15.9 Å². The van der Waals surface area contributed by atoms with Crippen molar-refractivity contribution in [2.45, 2.75) is 0 Å². The molecule has 0 aliphatic carbocycles. The van der Waals surface area contributed by atoms with Crippen LogP contribution in [0.3, 0.4) is 0 Å². The van der Waals surface area contributed by atoms with Gasteiger partial charge in [0, 0.05) is 10.0 Å². The number of halogens is 1. The monoisotopic (exact) mass is 329 g/mol. The van der Waals surface area contributed by atoms with Crippen LogP contribution in [-0.2, 0) is 0 Å². The topological polar surface area (TPSA) is 49.3 Å².